The van der Waals surface area contributed by atoms with Gasteiger partial charge in [-0.3, -0.25) is 0 Å². The summed E-state index contributed by atoms with van der Waals surface area (Å²) in [6.07, 6.45) is 4.47. The highest BCUT2D eigenvalue weighted by atomic mass is 35.5. The molecule has 0 bridgehead atoms. The number of amides is 2. The highest BCUT2D eigenvalue weighted by Crippen LogP contribution is 2.13. The van der Waals surface area contributed by atoms with Gasteiger partial charge in [-0.05, 0) is 42.5 Å². The number of carbonyl (C=O) groups is 1. The van der Waals surface area contributed by atoms with Crippen LogP contribution in [0.25, 0.3) is 0 Å². The lowest BCUT2D eigenvalue weighted by Crippen LogP contribution is -2.48. The van der Waals surface area contributed by atoms with Crippen LogP contribution in [0, 0.1) is 0 Å². The maximum absolute atomic E-state index is 12.2. The van der Waals surface area contributed by atoms with Crippen molar-refractivity contribution < 1.29 is 9.53 Å². The minimum Gasteiger partial charge on any atom is -0.377 e. The van der Waals surface area contributed by atoms with Crippen molar-refractivity contribution in [3.8, 4) is 0 Å². The lowest BCUT2D eigenvalue weighted by atomic mass is 10.1. The predicted octanol–water partition coefficient (Wildman–Crippen LogP) is 4.48. The zero-order valence-corrected chi connectivity index (χ0v) is 17.8. The van der Waals surface area contributed by atoms with Crippen LogP contribution >= 0.6 is 12.4 Å². The molecule has 0 aromatic heterocycles. The molecular weight excluding hydrogens is 386 g/mol. The van der Waals surface area contributed by atoms with Crippen molar-refractivity contribution in [2.75, 3.05) is 38.1 Å². The Morgan fingerprint density at radius 1 is 0.931 bits per heavy atom. The molecule has 1 saturated heterocycles. The monoisotopic (exact) mass is 417 g/mol. The molecule has 29 heavy (non-hydrogen) atoms. The van der Waals surface area contributed by atoms with Gasteiger partial charge in [0.25, 0.3) is 0 Å². The van der Waals surface area contributed by atoms with Gasteiger partial charge in [-0.1, -0.05) is 48.9 Å². The second-order valence-corrected chi connectivity index (χ2v) is 7.21. The van der Waals surface area contributed by atoms with Gasteiger partial charge < -0.3 is 20.3 Å². The predicted molar refractivity (Wildman–Crippen MR) is 121 cm³/mol. The minimum absolute atomic E-state index is 0. The fourth-order valence-electron chi connectivity index (χ4n) is 3.30. The fourth-order valence-corrected chi connectivity index (χ4v) is 3.30. The Labute approximate surface area is 180 Å². The van der Waals surface area contributed by atoms with Crippen molar-refractivity contribution in [1.29, 1.82) is 0 Å². The Morgan fingerprint density at radius 3 is 2.38 bits per heavy atom. The van der Waals surface area contributed by atoms with Gasteiger partial charge in [0.2, 0.25) is 0 Å². The average Bonchev–Trinajstić information content (AvgIpc) is 2.75. The molecule has 2 aromatic rings. The van der Waals surface area contributed by atoms with E-state index < -0.39 is 0 Å². The van der Waals surface area contributed by atoms with E-state index in [1.165, 1.54) is 11.1 Å². The Hall–Kier alpha value is -2.08. The number of hydrogen-bond donors (Lipinski definition) is 2. The Kier molecular flexibility index (Phi) is 10.6. The number of aryl methyl sites for hydroxylation is 1. The number of unbranched alkanes of at least 4 members (excludes halogenated alkanes) is 2. The SMILES string of the molecule is Cl.O=C(Nc1ccc(CCCCCOCc2ccccc2)cc1)N1CCNCC1. The Bertz CT molecular complexity index is 704. The molecule has 1 aliphatic rings. The summed E-state index contributed by atoms with van der Waals surface area (Å²) in [6.45, 7) is 4.76. The molecule has 0 aliphatic carbocycles. The number of benzene rings is 2. The van der Waals surface area contributed by atoms with Crippen LogP contribution in [0.1, 0.15) is 30.4 Å². The molecule has 5 nitrogen and oxygen atoms in total. The van der Waals surface area contributed by atoms with Gasteiger partial charge >= 0.3 is 6.03 Å². The molecule has 0 spiro atoms. The summed E-state index contributed by atoms with van der Waals surface area (Å²) in [5.41, 5.74) is 3.40. The molecule has 0 radical (unpaired) electrons. The number of nitrogens with zero attached hydrogens (tertiary/aromatic N) is 1. The molecule has 0 atom stereocenters. The molecule has 3 rings (SSSR count). The number of halogens is 1. The van der Waals surface area contributed by atoms with Crippen LogP contribution in [0.4, 0.5) is 10.5 Å². The topological polar surface area (TPSA) is 53.6 Å². The highest BCUT2D eigenvalue weighted by molar-refractivity contribution is 5.89. The summed E-state index contributed by atoms with van der Waals surface area (Å²) >= 11 is 0. The third-order valence-electron chi connectivity index (χ3n) is 4.98. The fraction of sp³-hybridized carbons (Fsp3) is 0.435. The van der Waals surface area contributed by atoms with E-state index in [4.69, 9.17) is 4.74 Å². The number of hydrogen-bond acceptors (Lipinski definition) is 3. The largest absolute Gasteiger partial charge is 0.377 e. The van der Waals surface area contributed by atoms with Crippen molar-refractivity contribution >= 4 is 24.1 Å². The summed E-state index contributed by atoms with van der Waals surface area (Å²) in [5, 5.41) is 6.24. The van der Waals surface area contributed by atoms with Crippen LogP contribution in [0.15, 0.2) is 54.6 Å². The molecule has 6 heteroatoms. The normalized spacial score (nSPS) is 13.6. The van der Waals surface area contributed by atoms with Crippen LogP contribution in [-0.2, 0) is 17.8 Å². The smallest absolute Gasteiger partial charge is 0.321 e. The van der Waals surface area contributed by atoms with Crippen molar-refractivity contribution in [2.45, 2.75) is 32.3 Å². The van der Waals surface area contributed by atoms with E-state index in [2.05, 4.69) is 34.9 Å². The van der Waals surface area contributed by atoms with E-state index >= 15 is 0 Å². The van der Waals surface area contributed by atoms with Gasteiger partial charge in [-0.15, -0.1) is 12.4 Å². The minimum atomic E-state index is -0.00949. The first-order valence-electron chi connectivity index (χ1n) is 10.3. The van der Waals surface area contributed by atoms with Gasteiger partial charge in [0.05, 0.1) is 6.61 Å². The summed E-state index contributed by atoms with van der Waals surface area (Å²) in [4.78, 5) is 14.1. The maximum atomic E-state index is 12.2. The molecule has 2 aromatic carbocycles. The van der Waals surface area contributed by atoms with Gasteiger partial charge in [-0.2, -0.15) is 0 Å². The molecule has 2 amide bonds. The summed E-state index contributed by atoms with van der Waals surface area (Å²) < 4.78 is 5.73. The molecule has 0 saturated carbocycles. The quantitative estimate of drug-likeness (QED) is 0.591. The van der Waals surface area contributed by atoms with Crippen molar-refractivity contribution in [1.82, 2.24) is 10.2 Å². The molecule has 158 valence electrons. The van der Waals surface area contributed by atoms with Gasteiger partial charge in [0.15, 0.2) is 0 Å². The second kappa shape index (κ2) is 13.2. The standard InChI is InChI=1S/C23H31N3O2.ClH/c27-23(26-16-14-24-15-17-26)25-22-12-10-20(11-13-22)7-5-2-6-18-28-19-21-8-3-1-4-9-21;/h1,3-4,8-13,24H,2,5-7,14-19H2,(H,25,27);1H. The van der Waals surface area contributed by atoms with E-state index in [0.717, 1.165) is 64.2 Å². The van der Waals surface area contributed by atoms with Gasteiger partial charge in [0, 0.05) is 38.5 Å². The average molecular weight is 418 g/mol. The third kappa shape index (κ3) is 8.44. The lowest BCUT2D eigenvalue weighted by Gasteiger charge is -2.27. The molecule has 1 fully saturated rings. The van der Waals surface area contributed by atoms with E-state index in [1.54, 1.807) is 0 Å². The number of carbonyl (C=O) groups excluding carboxylic acids is 1. The van der Waals surface area contributed by atoms with Gasteiger partial charge in [0.1, 0.15) is 0 Å². The zero-order chi connectivity index (χ0) is 19.4. The van der Waals surface area contributed by atoms with Crippen LogP contribution in [0.5, 0.6) is 0 Å². The van der Waals surface area contributed by atoms with E-state index in [9.17, 15) is 4.79 Å². The number of rotatable bonds is 9. The van der Waals surface area contributed by atoms with Gasteiger partial charge in [-0.25, -0.2) is 4.79 Å². The number of urea groups is 1. The summed E-state index contributed by atoms with van der Waals surface area (Å²) in [5.74, 6) is 0. The number of anilines is 1. The molecule has 1 aliphatic heterocycles. The highest BCUT2D eigenvalue weighted by Gasteiger charge is 2.15. The van der Waals surface area contributed by atoms with Crippen LogP contribution < -0.4 is 10.6 Å². The molecule has 0 unspecified atom stereocenters. The Balaban J connectivity index is 0.00000300. The van der Waals surface area contributed by atoms with E-state index in [1.807, 2.05) is 35.2 Å². The summed E-state index contributed by atoms with van der Waals surface area (Å²) in [6, 6.07) is 18.5. The number of piperazine rings is 1. The number of nitrogens with one attached hydrogen (secondary N) is 2. The van der Waals surface area contributed by atoms with Crippen molar-refractivity contribution in [3.05, 3.63) is 65.7 Å². The van der Waals surface area contributed by atoms with Crippen molar-refractivity contribution in [2.24, 2.45) is 0 Å². The summed E-state index contributed by atoms with van der Waals surface area (Å²) in [7, 11) is 0. The molecule has 1 heterocycles. The first kappa shape index (κ1) is 23.2. The molecular formula is C23H32ClN3O2. The molecule has 2 N–H and O–H groups in total. The maximum Gasteiger partial charge on any atom is 0.321 e. The van der Waals surface area contributed by atoms with Crippen LogP contribution in [-0.4, -0.2) is 43.7 Å². The first-order chi connectivity index (χ1) is 13.8. The third-order valence-corrected chi connectivity index (χ3v) is 4.98. The zero-order valence-electron chi connectivity index (χ0n) is 16.9. The van der Waals surface area contributed by atoms with Crippen molar-refractivity contribution in [3.63, 3.8) is 0 Å². The van der Waals surface area contributed by atoms with Crippen LogP contribution in [0.2, 0.25) is 0 Å². The number of ether oxygens (including phenoxy) is 1. The second-order valence-electron chi connectivity index (χ2n) is 7.21. The lowest BCUT2D eigenvalue weighted by molar-refractivity contribution is 0.117. The van der Waals surface area contributed by atoms with E-state index in [-0.39, 0.29) is 18.4 Å². The Morgan fingerprint density at radius 2 is 1.66 bits per heavy atom. The van der Waals surface area contributed by atoms with E-state index in [0.29, 0.717) is 6.61 Å². The van der Waals surface area contributed by atoms with Crippen LogP contribution in [0.3, 0.4) is 0 Å². The first-order valence-corrected chi connectivity index (χ1v) is 10.3.